The molecule has 0 atom stereocenters. The molecule has 3 rings (SSSR count). The Labute approximate surface area is 193 Å². The number of nitrogens with one attached hydrogen (secondary N) is 1. The maximum atomic E-state index is 12.9. The van der Waals surface area contributed by atoms with E-state index < -0.39 is 0 Å². The number of anilines is 1. The summed E-state index contributed by atoms with van der Waals surface area (Å²) in [5.41, 5.74) is 2.07. The second-order valence-corrected chi connectivity index (χ2v) is 9.41. The first kappa shape index (κ1) is 23.1. The molecule has 6 nitrogen and oxygen atoms in total. The van der Waals surface area contributed by atoms with Gasteiger partial charge >= 0.3 is 0 Å². The molecule has 0 aromatic heterocycles. The van der Waals surface area contributed by atoms with Gasteiger partial charge in [0, 0.05) is 27.1 Å². The van der Waals surface area contributed by atoms with Crippen molar-refractivity contribution in [3.8, 4) is 11.5 Å². The Morgan fingerprint density at radius 2 is 1.90 bits per heavy atom. The second-order valence-electron chi connectivity index (χ2n) is 7.64. The van der Waals surface area contributed by atoms with Crippen LogP contribution in [0.1, 0.15) is 41.6 Å². The van der Waals surface area contributed by atoms with Gasteiger partial charge in [-0.05, 0) is 84.6 Å². The number of benzene rings is 2. The van der Waals surface area contributed by atoms with Gasteiger partial charge in [-0.2, -0.15) is 0 Å². The van der Waals surface area contributed by atoms with E-state index in [1.807, 2.05) is 12.1 Å². The number of halogens is 2. The maximum absolute atomic E-state index is 12.9. The third-order valence-corrected chi connectivity index (χ3v) is 6.61. The van der Waals surface area contributed by atoms with Crippen LogP contribution in [-0.2, 0) is 6.54 Å². The van der Waals surface area contributed by atoms with Crippen molar-refractivity contribution in [3.05, 3.63) is 50.4 Å². The molecule has 2 aromatic carbocycles. The van der Waals surface area contributed by atoms with Gasteiger partial charge in [-0.25, -0.2) is 0 Å². The molecule has 2 aromatic rings. The molecule has 0 radical (unpaired) electrons. The predicted octanol–water partition coefficient (Wildman–Crippen LogP) is 4.91. The van der Waals surface area contributed by atoms with Crippen LogP contribution in [-0.4, -0.2) is 47.3 Å². The highest BCUT2D eigenvalue weighted by Crippen LogP contribution is 2.34. The first-order chi connectivity index (χ1) is 14.3. The van der Waals surface area contributed by atoms with Crippen LogP contribution in [0.5, 0.6) is 11.5 Å². The summed E-state index contributed by atoms with van der Waals surface area (Å²) >= 11 is 7.11. The summed E-state index contributed by atoms with van der Waals surface area (Å²) in [5, 5.41) is 22.5. The molecule has 0 unspecified atom stereocenters. The van der Waals surface area contributed by atoms with Crippen LogP contribution >= 0.6 is 31.9 Å². The summed E-state index contributed by atoms with van der Waals surface area (Å²) < 4.78 is 6.80. The number of methoxy groups -OCH3 is 1. The molecule has 1 saturated carbocycles. The predicted molar refractivity (Wildman–Crippen MR) is 124 cm³/mol. The zero-order valence-corrected chi connectivity index (χ0v) is 20.2. The van der Waals surface area contributed by atoms with Gasteiger partial charge < -0.3 is 20.3 Å². The average molecular weight is 542 g/mol. The lowest BCUT2D eigenvalue weighted by molar-refractivity contribution is 0.0818. The Morgan fingerprint density at radius 3 is 2.57 bits per heavy atom. The molecular weight excluding hydrogens is 516 g/mol. The van der Waals surface area contributed by atoms with E-state index in [9.17, 15) is 15.0 Å². The number of hydrogen-bond donors (Lipinski definition) is 3. The topological polar surface area (TPSA) is 82.0 Å². The fraction of sp³-hybridized carbons (Fsp3) is 0.409. The van der Waals surface area contributed by atoms with Crippen molar-refractivity contribution in [1.82, 2.24) is 4.90 Å². The van der Waals surface area contributed by atoms with Gasteiger partial charge in [-0.3, -0.25) is 9.69 Å². The molecule has 30 heavy (non-hydrogen) atoms. The van der Waals surface area contributed by atoms with Gasteiger partial charge in [-0.15, -0.1) is 0 Å². The van der Waals surface area contributed by atoms with Crippen LogP contribution in [0.25, 0.3) is 0 Å². The molecule has 1 amide bonds. The Morgan fingerprint density at radius 1 is 1.20 bits per heavy atom. The molecule has 8 heteroatoms. The molecule has 0 saturated heterocycles. The van der Waals surface area contributed by atoms with Crippen LogP contribution in [0.3, 0.4) is 0 Å². The molecule has 3 N–H and O–H groups in total. The molecule has 1 aliphatic carbocycles. The number of hydrogen-bond acceptors (Lipinski definition) is 5. The van der Waals surface area contributed by atoms with E-state index in [1.54, 1.807) is 6.07 Å². The van der Waals surface area contributed by atoms with Crippen molar-refractivity contribution in [1.29, 1.82) is 0 Å². The fourth-order valence-electron chi connectivity index (χ4n) is 3.79. The number of rotatable bonds is 6. The number of aliphatic hydroxyl groups is 1. The van der Waals surface area contributed by atoms with Crippen molar-refractivity contribution in [2.24, 2.45) is 0 Å². The minimum Gasteiger partial charge on any atom is -0.504 e. The monoisotopic (exact) mass is 540 g/mol. The number of carbonyl (C=O) groups excluding carboxylic acids is 1. The molecule has 0 heterocycles. The summed E-state index contributed by atoms with van der Waals surface area (Å²) in [4.78, 5) is 15.2. The summed E-state index contributed by atoms with van der Waals surface area (Å²) in [6.45, 7) is 0.660. The third-order valence-electron chi connectivity index (χ3n) is 5.53. The standard InChI is InChI=1S/C22H26Br2N2O4/c1-26(16-4-6-17(27)7-5-16)12-14-9-15(23)11-18(24)21(14)25-22(29)13-3-8-19(28)20(10-13)30-2/h3,8-11,16-17,27-28H,4-7,12H2,1-2H3,(H,25,29). The van der Waals surface area contributed by atoms with Crippen LogP contribution < -0.4 is 10.1 Å². The molecule has 1 fully saturated rings. The average Bonchev–Trinajstić information content (AvgIpc) is 2.71. The van der Waals surface area contributed by atoms with Gasteiger partial charge in [0.15, 0.2) is 11.5 Å². The second kappa shape index (κ2) is 10.1. The van der Waals surface area contributed by atoms with Crippen LogP contribution in [0.4, 0.5) is 5.69 Å². The number of nitrogens with zero attached hydrogens (tertiary/aromatic N) is 1. The zero-order valence-electron chi connectivity index (χ0n) is 17.0. The Kier molecular flexibility index (Phi) is 7.79. The van der Waals surface area contributed by atoms with Crippen molar-refractivity contribution >= 4 is 43.5 Å². The van der Waals surface area contributed by atoms with E-state index in [0.717, 1.165) is 40.2 Å². The lowest BCUT2D eigenvalue weighted by Gasteiger charge is -2.33. The number of amides is 1. The Bertz CT molecular complexity index is 914. The highest BCUT2D eigenvalue weighted by molar-refractivity contribution is 9.11. The van der Waals surface area contributed by atoms with Crippen LogP contribution in [0.2, 0.25) is 0 Å². The lowest BCUT2D eigenvalue weighted by atomic mass is 9.92. The van der Waals surface area contributed by atoms with Crippen molar-refractivity contribution in [3.63, 3.8) is 0 Å². The minimum absolute atomic E-state index is 0.0150. The first-order valence-corrected chi connectivity index (χ1v) is 11.4. The van der Waals surface area contributed by atoms with Crippen molar-refractivity contribution < 1.29 is 19.7 Å². The molecule has 0 spiro atoms. The van der Waals surface area contributed by atoms with E-state index in [-0.39, 0.29) is 23.5 Å². The Hall–Kier alpha value is -1.61. The fourth-order valence-corrected chi connectivity index (χ4v) is 5.21. The molecular formula is C22H26Br2N2O4. The molecule has 0 bridgehead atoms. The molecule has 162 valence electrons. The minimum atomic E-state index is -0.291. The zero-order chi connectivity index (χ0) is 21.8. The normalized spacial score (nSPS) is 19.0. The largest absolute Gasteiger partial charge is 0.504 e. The summed E-state index contributed by atoms with van der Waals surface area (Å²) in [6.07, 6.45) is 3.38. The Balaban J connectivity index is 1.81. The summed E-state index contributed by atoms with van der Waals surface area (Å²) in [5.74, 6) is -0.0586. The number of aromatic hydroxyl groups is 1. The number of phenolic OH excluding ortho intramolecular Hbond substituents is 1. The van der Waals surface area contributed by atoms with Crippen molar-refractivity contribution in [2.75, 3.05) is 19.5 Å². The van der Waals surface area contributed by atoms with Gasteiger partial charge in [-0.1, -0.05) is 15.9 Å². The highest BCUT2D eigenvalue weighted by Gasteiger charge is 2.24. The quantitative estimate of drug-likeness (QED) is 0.484. The highest BCUT2D eigenvalue weighted by atomic mass is 79.9. The number of ether oxygens (including phenoxy) is 1. The summed E-state index contributed by atoms with van der Waals surface area (Å²) in [6, 6.07) is 8.81. The van der Waals surface area contributed by atoms with Crippen LogP contribution in [0.15, 0.2) is 39.3 Å². The number of carbonyl (C=O) groups is 1. The van der Waals surface area contributed by atoms with Gasteiger partial charge in [0.25, 0.3) is 5.91 Å². The van der Waals surface area contributed by atoms with E-state index in [4.69, 9.17) is 4.74 Å². The van der Waals surface area contributed by atoms with E-state index >= 15 is 0 Å². The van der Waals surface area contributed by atoms with Gasteiger partial charge in [0.1, 0.15) is 0 Å². The van der Waals surface area contributed by atoms with Gasteiger partial charge in [0.05, 0.1) is 18.9 Å². The smallest absolute Gasteiger partial charge is 0.255 e. The van der Waals surface area contributed by atoms with Gasteiger partial charge in [0.2, 0.25) is 0 Å². The van der Waals surface area contributed by atoms with Crippen molar-refractivity contribution in [2.45, 2.75) is 44.4 Å². The van der Waals surface area contributed by atoms with E-state index in [2.05, 4.69) is 49.1 Å². The lowest BCUT2D eigenvalue weighted by Crippen LogP contribution is -2.36. The SMILES string of the molecule is COc1cc(C(=O)Nc2c(Br)cc(Br)cc2CN(C)C2CCC(O)CC2)ccc1O. The van der Waals surface area contributed by atoms with E-state index in [1.165, 1.54) is 19.2 Å². The van der Waals surface area contributed by atoms with Crippen LogP contribution in [0, 0.1) is 0 Å². The number of phenols is 1. The summed E-state index contributed by atoms with van der Waals surface area (Å²) in [7, 11) is 3.52. The maximum Gasteiger partial charge on any atom is 0.255 e. The third kappa shape index (κ3) is 5.55. The first-order valence-electron chi connectivity index (χ1n) is 9.83. The molecule has 1 aliphatic rings. The molecule has 0 aliphatic heterocycles. The van der Waals surface area contributed by atoms with E-state index in [0.29, 0.717) is 23.8 Å². The number of aliphatic hydroxyl groups excluding tert-OH is 1.